The Balaban J connectivity index is 1.66. The molecule has 1 atom stereocenters. The molecule has 5 nitrogen and oxygen atoms in total. The van der Waals surface area contributed by atoms with Crippen LogP contribution in [-0.2, 0) is 9.59 Å². The molecule has 0 saturated carbocycles. The number of nitrogens with one attached hydrogen (secondary N) is 2. The average Bonchev–Trinajstić information content (AvgIpc) is 3.16. The molecule has 0 bridgehead atoms. The molecule has 0 fully saturated rings. The van der Waals surface area contributed by atoms with Gasteiger partial charge in [0.15, 0.2) is 5.13 Å². The van der Waals surface area contributed by atoms with Crippen LogP contribution in [0, 0.1) is 0 Å². The topological polar surface area (TPSA) is 71.1 Å². The van der Waals surface area contributed by atoms with Crippen LogP contribution in [0.3, 0.4) is 0 Å². The summed E-state index contributed by atoms with van der Waals surface area (Å²) in [5.74, 6) is -0.367. The Labute approximate surface area is 172 Å². The minimum atomic E-state index is -0.378. The maximum Gasteiger partial charge on any atom is 0.228 e. The molecule has 1 aromatic heterocycles. The van der Waals surface area contributed by atoms with E-state index in [9.17, 15) is 9.59 Å². The third kappa shape index (κ3) is 5.43. The summed E-state index contributed by atoms with van der Waals surface area (Å²) in [6, 6.07) is 17.2. The molecule has 3 aromatic rings. The van der Waals surface area contributed by atoms with Gasteiger partial charge in [0, 0.05) is 22.8 Å². The Hall–Kier alpha value is -2.64. The molecule has 144 valence electrons. The summed E-state index contributed by atoms with van der Waals surface area (Å²) in [6.45, 7) is 1.45. The Morgan fingerprint density at radius 2 is 1.82 bits per heavy atom. The van der Waals surface area contributed by atoms with Crippen molar-refractivity contribution < 1.29 is 9.59 Å². The van der Waals surface area contributed by atoms with Gasteiger partial charge in [-0.15, -0.1) is 23.1 Å². The van der Waals surface area contributed by atoms with Crippen molar-refractivity contribution in [2.24, 2.45) is 0 Å². The second-order valence-electron chi connectivity index (χ2n) is 6.18. The van der Waals surface area contributed by atoms with Gasteiger partial charge in [0.1, 0.15) is 0 Å². The van der Waals surface area contributed by atoms with Crippen molar-refractivity contribution in [1.82, 2.24) is 10.3 Å². The number of rotatable bonds is 7. The number of carbonyl (C=O) groups excluding carboxylic acids is 2. The van der Waals surface area contributed by atoms with Crippen LogP contribution in [0.4, 0.5) is 5.13 Å². The normalized spacial score (nSPS) is 11.6. The maximum absolute atomic E-state index is 12.5. The van der Waals surface area contributed by atoms with Gasteiger partial charge >= 0.3 is 0 Å². The van der Waals surface area contributed by atoms with Gasteiger partial charge in [0.25, 0.3) is 0 Å². The molecule has 0 unspecified atom stereocenters. The highest BCUT2D eigenvalue weighted by Gasteiger charge is 2.18. The zero-order valence-electron chi connectivity index (χ0n) is 15.6. The van der Waals surface area contributed by atoms with Crippen molar-refractivity contribution in [3.8, 4) is 11.3 Å². The van der Waals surface area contributed by atoms with Crippen molar-refractivity contribution in [3.63, 3.8) is 0 Å². The summed E-state index contributed by atoms with van der Waals surface area (Å²) in [6.07, 6.45) is 2.18. The van der Waals surface area contributed by atoms with Crippen LogP contribution in [0.25, 0.3) is 11.3 Å². The van der Waals surface area contributed by atoms with Gasteiger partial charge in [-0.2, -0.15) is 0 Å². The lowest BCUT2D eigenvalue weighted by molar-refractivity contribution is -0.120. The molecule has 1 heterocycles. The lowest BCUT2D eigenvalue weighted by Gasteiger charge is -2.17. The Kier molecular flexibility index (Phi) is 6.84. The molecular formula is C21H21N3O2S2. The van der Waals surface area contributed by atoms with E-state index in [0.29, 0.717) is 5.13 Å². The largest absolute Gasteiger partial charge is 0.349 e. The van der Waals surface area contributed by atoms with E-state index in [2.05, 4.69) is 27.8 Å². The number of hydrogen-bond acceptors (Lipinski definition) is 5. The lowest BCUT2D eigenvalue weighted by Crippen LogP contribution is -2.29. The molecule has 0 aliphatic heterocycles. The summed E-state index contributed by atoms with van der Waals surface area (Å²) in [7, 11) is 0. The molecule has 0 radical (unpaired) electrons. The molecule has 0 saturated heterocycles. The van der Waals surface area contributed by atoms with Gasteiger partial charge in [0.05, 0.1) is 18.2 Å². The molecule has 2 aromatic carbocycles. The van der Waals surface area contributed by atoms with Crippen molar-refractivity contribution >= 4 is 40.0 Å². The van der Waals surface area contributed by atoms with Crippen LogP contribution in [0.1, 0.15) is 24.9 Å². The summed E-state index contributed by atoms with van der Waals surface area (Å²) in [5, 5.41) is 8.14. The van der Waals surface area contributed by atoms with E-state index in [1.807, 2.05) is 54.1 Å². The number of hydrogen-bond donors (Lipinski definition) is 2. The molecule has 3 rings (SSSR count). The van der Waals surface area contributed by atoms with Crippen molar-refractivity contribution in [2.45, 2.75) is 24.3 Å². The smallest absolute Gasteiger partial charge is 0.228 e. The monoisotopic (exact) mass is 411 g/mol. The first-order chi connectivity index (χ1) is 13.5. The van der Waals surface area contributed by atoms with Crippen LogP contribution >= 0.6 is 23.1 Å². The predicted molar refractivity (Wildman–Crippen MR) is 116 cm³/mol. The quantitative estimate of drug-likeness (QED) is 0.551. The van der Waals surface area contributed by atoms with E-state index in [-0.39, 0.29) is 24.3 Å². The van der Waals surface area contributed by atoms with E-state index in [0.717, 1.165) is 16.8 Å². The first-order valence-electron chi connectivity index (χ1n) is 8.77. The molecule has 2 N–H and O–H groups in total. The van der Waals surface area contributed by atoms with Crippen LogP contribution in [-0.4, -0.2) is 23.1 Å². The number of benzene rings is 2. The van der Waals surface area contributed by atoms with E-state index in [1.165, 1.54) is 23.2 Å². The van der Waals surface area contributed by atoms with E-state index < -0.39 is 0 Å². The summed E-state index contributed by atoms with van der Waals surface area (Å²) >= 11 is 3.07. The fourth-order valence-corrected chi connectivity index (χ4v) is 3.91. The summed E-state index contributed by atoms with van der Waals surface area (Å²) in [5.41, 5.74) is 2.73. The Morgan fingerprint density at radius 1 is 1.11 bits per heavy atom. The molecule has 2 amide bonds. The minimum absolute atomic E-state index is 0.140. The lowest BCUT2D eigenvalue weighted by atomic mass is 10.0. The molecule has 28 heavy (non-hydrogen) atoms. The van der Waals surface area contributed by atoms with Gasteiger partial charge in [0.2, 0.25) is 11.8 Å². The zero-order valence-corrected chi connectivity index (χ0v) is 17.3. The molecule has 7 heteroatoms. The molecule has 0 aliphatic carbocycles. The average molecular weight is 412 g/mol. The van der Waals surface area contributed by atoms with Crippen LogP contribution in [0.2, 0.25) is 0 Å². The van der Waals surface area contributed by atoms with Crippen LogP contribution in [0.5, 0.6) is 0 Å². The number of thioether (sulfide) groups is 1. The van der Waals surface area contributed by atoms with E-state index in [1.54, 1.807) is 11.8 Å². The maximum atomic E-state index is 12.5. The first-order valence-corrected chi connectivity index (χ1v) is 10.9. The number of aromatic nitrogens is 1. The number of anilines is 1. The van der Waals surface area contributed by atoms with Crippen molar-refractivity contribution in [2.75, 3.05) is 11.6 Å². The third-order valence-electron chi connectivity index (χ3n) is 4.11. The van der Waals surface area contributed by atoms with Gasteiger partial charge < -0.3 is 10.6 Å². The second kappa shape index (κ2) is 9.52. The van der Waals surface area contributed by atoms with E-state index >= 15 is 0 Å². The predicted octanol–water partition coefficient (Wildman–Crippen LogP) is 4.74. The summed E-state index contributed by atoms with van der Waals surface area (Å²) in [4.78, 5) is 29.7. The zero-order chi connectivity index (χ0) is 19.9. The molecule has 0 aliphatic rings. The number of carbonyl (C=O) groups is 2. The fourth-order valence-electron chi connectivity index (χ4n) is 2.76. The van der Waals surface area contributed by atoms with Gasteiger partial charge in [-0.05, 0) is 24.0 Å². The van der Waals surface area contributed by atoms with Gasteiger partial charge in [-0.1, -0.05) is 42.5 Å². The minimum Gasteiger partial charge on any atom is -0.349 e. The highest BCUT2D eigenvalue weighted by atomic mass is 32.2. The van der Waals surface area contributed by atoms with Crippen LogP contribution in [0.15, 0.2) is 64.9 Å². The Morgan fingerprint density at radius 3 is 2.46 bits per heavy atom. The highest BCUT2D eigenvalue weighted by Crippen LogP contribution is 2.27. The summed E-state index contributed by atoms with van der Waals surface area (Å²) < 4.78 is 0. The van der Waals surface area contributed by atoms with Crippen molar-refractivity contribution in [3.05, 3.63) is 65.5 Å². The molecular weight excluding hydrogens is 390 g/mol. The highest BCUT2D eigenvalue weighted by molar-refractivity contribution is 7.98. The first kappa shape index (κ1) is 20.1. The standard InChI is InChI=1S/C21H21N3O2S2/c1-14(25)22-18(15-6-4-3-5-7-15)12-20(26)24-21-23-19(13-28-21)16-8-10-17(27-2)11-9-16/h3-11,13,18H,12H2,1-2H3,(H,22,25)(H,23,24,26)/t18-/m1/s1. The Bertz CT molecular complexity index is 940. The SMILES string of the molecule is CSc1ccc(-c2csc(NC(=O)C[C@@H](NC(C)=O)c3ccccc3)n2)cc1. The second-order valence-corrected chi connectivity index (χ2v) is 7.92. The number of thiazole rings is 1. The molecule has 0 spiro atoms. The van der Waals surface area contributed by atoms with E-state index in [4.69, 9.17) is 0 Å². The number of nitrogens with zero attached hydrogens (tertiary/aromatic N) is 1. The van der Waals surface area contributed by atoms with Crippen LogP contribution < -0.4 is 10.6 Å². The fraction of sp³-hybridized carbons (Fsp3) is 0.190. The third-order valence-corrected chi connectivity index (χ3v) is 5.61. The van der Waals surface area contributed by atoms with Gasteiger partial charge in [-0.3, -0.25) is 9.59 Å². The van der Waals surface area contributed by atoms with Gasteiger partial charge in [-0.25, -0.2) is 4.98 Å². The van der Waals surface area contributed by atoms with Crippen molar-refractivity contribution in [1.29, 1.82) is 0 Å². The number of amides is 2.